The molecule has 3 aromatic rings. The Labute approximate surface area is 203 Å². The molecule has 1 aliphatic carbocycles. The molecule has 3 atom stereocenters. The van der Waals surface area contributed by atoms with Gasteiger partial charge in [-0.15, -0.1) is 0 Å². The highest BCUT2D eigenvalue weighted by Gasteiger charge is 2.56. The molecule has 1 saturated carbocycles. The van der Waals surface area contributed by atoms with Crippen LogP contribution in [0.4, 0.5) is 8.78 Å². The summed E-state index contributed by atoms with van der Waals surface area (Å²) in [6, 6.07) is 20.5. The predicted molar refractivity (Wildman–Crippen MR) is 128 cm³/mol. The van der Waals surface area contributed by atoms with Gasteiger partial charge in [-0.2, -0.15) is 0 Å². The van der Waals surface area contributed by atoms with Crippen LogP contribution in [-0.2, 0) is 17.8 Å². The lowest BCUT2D eigenvalue weighted by molar-refractivity contribution is -0.157. The van der Waals surface area contributed by atoms with E-state index in [1.54, 1.807) is 37.3 Å². The van der Waals surface area contributed by atoms with Crippen molar-refractivity contribution < 1.29 is 23.4 Å². The zero-order valence-electron chi connectivity index (χ0n) is 18.9. The van der Waals surface area contributed by atoms with Crippen molar-refractivity contribution in [3.8, 4) is 5.75 Å². The van der Waals surface area contributed by atoms with E-state index in [-0.39, 0.29) is 24.7 Å². The van der Waals surface area contributed by atoms with E-state index in [2.05, 4.69) is 0 Å². The summed E-state index contributed by atoms with van der Waals surface area (Å²) in [6.45, 7) is 1.80. The van der Waals surface area contributed by atoms with Gasteiger partial charge in [-0.3, -0.25) is 0 Å². The summed E-state index contributed by atoms with van der Waals surface area (Å²) >= 11 is 6.00. The molecule has 2 unspecified atom stereocenters. The van der Waals surface area contributed by atoms with E-state index in [9.17, 15) is 14.3 Å². The molecule has 0 amide bonds. The first kappa shape index (κ1) is 24.2. The first-order valence-corrected chi connectivity index (χ1v) is 11.8. The quantitative estimate of drug-likeness (QED) is 0.330. The highest BCUT2D eigenvalue weighted by molar-refractivity contribution is 6.30. The van der Waals surface area contributed by atoms with Crippen molar-refractivity contribution in [2.24, 2.45) is 11.8 Å². The van der Waals surface area contributed by atoms with Crippen molar-refractivity contribution in [3.63, 3.8) is 0 Å². The van der Waals surface area contributed by atoms with Crippen LogP contribution in [0.3, 0.4) is 0 Å². The monoisotopic (exact) mass is 484 g/mol. The lowest BCUT2D eigenvalue weighted by atomic mass is 9.71. The predicted octanol–water partition coefficient (Wildman–Crippen LogP) is 7.22. The molecule has 1 N–H and O–H groups in total. The third kappa shape index (κ3) is 5.25. The van der Waals surface area contributed by atoms with Gasteiger partial charge < -0.3 is 9.84 Å². The van der Waals surface area contributed by atoms with Crippen molar-refractivity contribution in [2.45, 2.75) is 44.4 Å². The van der Waals surface area contributed by atoms with Crippen molar-refractivity contribution in [1.29, 1.82) is 0 Å². The molecule has 0 aromatic heterocycles. The van der Waals surface area contributed by atoms with Crippen LogP contribution >= 0.6 is 11.6 Å². The molecule has 0 bridgehead atoms. The van der Waals surface area contributed by atoms with E-state index in [1.165, 1.54) is 12.1 Å². The third-order valence-corrected chi connectivity index (χ3v) is 6.85. The Morgan fingerprint density at radius 3 is 2.38 bits per heavy atom. The summed E-state index contributed by atoms with van der Waals surface area (Å²) in [6.07, 6.45) is 1.70. The van der Waals surface area contributed by atoms with Gasteiger partial charge in [-0.05, 0) is 66.1 Å². The SMILES string of the molecule is CC(Cc1ccc(F)c(OCc2ccccc2)c1)[C@@](F)(C(=O)O)C(c1ccc(Cl)cc1)C1CC1. The molecule has 0 radical (unpaired) electrons. The molecule has 34 heavy (non-hydrogen) atoms. The number of ether oxygens (including phenoxy) is 1. The molecule has 178 valence electrons. The number of carboxylic acid groups (broad SMARTS) is 1. The van der Waals surface area contributed by atoms with Crippen LogP contribution in [0.15, 0.2) is 72.8 Å². The maximum atomic E-state index is 16.5. The fourth-order valence-electron chi connectivity index (χ4n) is 4.63. The summed E-state index contributed by atoms with van der Waals surface area (Å²) in [5.74, 6) is -3.62. The molecule has 3 aromatic carbocycles. The second-order valence-corrected chi connectivity index (χ2v) is 9.52. The summed E-state index contributed by atoms with van der Waals surface area (Å²) in [5, 5.41) is 10.6. The fourth-order valence-corrected chi connectivity index (χ4v) is 4.76. The van der Waals surface area contributed by atoms with Crippen LogP contribution in [0.2, 0.25) is 5.02 Å². The molecule has 0 heterocycles. The maximum absolute atomic E-state index is 16.5. The standard InChI is InChI=1S/C28H27ClF2O3/c1-18(15-20-7-14-24(30)25(16-20)34-17-19-5-3-2-4-6-19)28(31,27(32)33)26(21-8-9-21)22-10-12-23(29)13-11-22/h2-7,10-14,16,18,21,26H,8-9,15,17H2,1H3,(H,32,33)/t18?,26?,28-/m0/s1. The van der Waals surface area contributed by atoms with E-state index in [1.807, 2.05) is 30.3 Å². The zero-order valence-corrected chi connectivity index (χ0v) is 19.6. The van der Waals surface area contributed by atoms with Gasteiger partial charge in [0.05, 0.1) is 0 Å². The second-order valence-electron chi connectivity index (χ2n) is 9.08. The minimum absolute atomic E-state index is 0.0392. The number of carboxylic acids is 1. The van der Waals surface area contributed by atoms with Gasteiger partial charge in [0.1, 0.15) is 6.61 Å². The highest BCUT2D eigenvalue weighted by Crippen LogP contribution is 2.53. The number of hydrogen-bond acceptors (Lipinski definition) is 2. The molecule has 3 nitrogen and oxygen atoms in total. The van der Waals surface area contributed by atoms with Gasteiger partial charge in [0, 0.05) is 16.9 Å². The van der Waals surface area contributed by atoms with E-state index in [4.69, 9.17) is 16.3 Å². The first-order chi connectivity index (χ1) is 16.3. The average molecular weight is 485 g/mol. The summed E-state index contributed by atoms with van der Waals surface area (Å²) in [5.41, 5.74) is -0.348. The number of carbonyl (C=O) groups is 1. The lowest BCUT2D eigenvalue weighted by Crippen LogP contribution is -2.47. The van der Waals surface area contributed by atoms with Gasteiger partial charge in [0.2, 0.25) is 5.67 Å². The highest BCUT2D eigenvalue weighted by atomic mass is 35.5. The molecule has 0 saturated heterocycles. The molecule has 4 rings (SSSR count). The summed E-state index contributed by atoms with van der Waals surface area (Å²) in [4.78, 5) is 12.4. The molecule has 0 spiro atoms. The Morgan fingerprint density at radius 1 is 1.09 bits per heavy atom. The van der Waals surface area contributed by atoms with Gasteiger partial charge in [0.25, 0.3) is 0 Å². The van der Waals surface area contributed by atoms with Crippen LogP contribution in [0.5, 0.6) is 5.75 Å². The zero-order chi connectivity index (χ0) is 24.3. The largest absolute Gasteiger partial charge is 0.486 e. The second kappa shape index (κ2) is 10.1. The topological polar surface area (TPSA) is 46.5 Å². The van der Waals surface area contributed by atoms with Crippen LogP contribution in [0, 0.1) is 17.7 Å². The molecular formula is C28H27ClF2O3. The Kier molecular flexibility index (Phi) is 7.22. The maximum Gasteiger partial charge on any atom is 0.342 e. The average Bonchev–Trinajstić information content (AvgIpc) is 3.66. The van der Waals surface area contributed by atoms with Crippen LogP contribution in [-0.4, -0.2) is 16.7 Å². The first-order valence-electron chi connectivity index (χ1n) is 11.4. The third-order valence-electron chi connectivity index (χ3n) is 6.59. The molecule has 0 aliphatic heterocycles. The van der Waals surface area contributed by atoms with E-state index >= 15 is 4.39 Å². The van der Waals surface area contributed by atoms with E-state index < -0.39 is 29.3 Å². The Hall–Kier alpha value is -2.92. The molecule has 6 heteroatoms. The number of rotatable bonds is 10. The van der Waals surface area contributed by atoms with E-state index in [0.29, 0.717) is 16.1 Å². The van der Waals surface area contributed by atoms with Crippen LogP contribution in [0.25, 0.3) is 0 Å². The number of aliphatic carboxylic acids is 1. The number of alkyl halides is 1. The normalized spacial score (nSPS) is 16.9. The van der Waals surface area contributed by atoms with Gasteiger partial charge in [0.15, 0.2) is 11.6 Å². The lowest BCUT2D eigenvalue weighted by Gasteiger charge is -2.36. The van der Waals surface area contributed by atoms with Crippen molar-refractivity contribution in [3.05, 3.63) is 100 Å². The van der Waals surface area contributed by atoms with Crippen molar-refractivity contribution in [1.82, 2.24) is 0 Å². The smallest absolute Gasteiger partial charge is 0.342 e. The minimum atomic E-state index is -2.49. The number of hydrogen-bond donors (Lipinski definition) is 1. The molecular weight excluding hydrogens is 458 g/mol. The van der Waals surface area contributed by atoms with E-state index in [0.717, 1.165) is 18.4 Å². The summed E-state index contributed by atoms with van der Waals surface area (Å²) < 4.78 is 36.6. The minimum Gasteiger partial charge on any atom is -0.486 e. The summed E-state index contributed by atoms with van der Waals surface area (Å²) in [7, 11) is 0. The van der Waals surface area contributed by atoms with Crippen LogP contribution < -0.4 is 4.74 Å². The van der Waals surface area contributed by atoms with Gasteiger partial charge >= 0.3 is 5.97 Å². The Balaban J connectivity index is 1.57. The fraction of sp³-hybridized carbons (Fsp3) is 0.321. The van der Waals surface area contributed by atoms with Gasteiger partial charge in [-0.25, -0.2) is 13.6 Å². The number of benzene rings is 3. The van der Waals surface area contributed by atoms with Gasteiger partial charge in [-0.1, -0.05) is 67.1 Å². The Bertz CT molecular complexity index is 1130. The van der Waals surface area contributed by atoms with Crippen molar-refractivity contribution >= 4 is 17.6 Å². The van der Waals surface area contributed by atoms with Crippen molar-refractivity contribution in [2.75, 3.05) is 0 Å². The van der Waals surface area contributed by atoms with Crippen LogP contribution in [0.1, 0.15) is 42.4 Å². The number of halogens is 3. The Morgan fingerprint density at radius 2 is 1.76 bits per heavy atom. The molecule has 1 fully saturated rings. The molecule has 1 aliphatic rings.